The number of benzene rings is 1. The molecule has 150 valence electrons. The molecule has 27 heavy (non-hydrogen) atoms. The summed E-state index contributed by atoms with van der Waals surface area (Å²) < 4.78 is 14.1. The predicted molar refractivity (Wildman–Crippen MR) is 110 cm³/mol. The van der Waals surface area contributed by atoms with E-state index in [0.29, 0.717) is 28.4 Å². The molecule has 3 aliphatic rings. The highest BCUT2D eigenvalue weighted by Gasteiger charge is 2.62. The van der Waals surface area contributed by atoms with Gasteiger partial charge in [-0.2, -0.15) is 0 Å². The topological polar surface area (TPSA) is 6.48 Å². The fourth-order valence-electron chi connectivity index (χ4n) is 6.41. The van der Waals surface area contributed by atoms with Crippen molar-refractivity contribution in [3.8, 4) is 0 Å². The lowest BCUT2D eigenvalue weighted by Gasteiger charge is -2.47. The Labute approximate surface area is 169 Å². The first-order valence-electron chi connectivity index (χ1n) is 10.6. The summed E-state index contributed by atoms with van der Waals surface area (Å²) in [7, 11) is 2.37. The zero-order valence-electron chi connectivity index (χ0n) is 17.3. The second-order valence-corrected chi connectivity index (χ2v) is 10.5. The Morgan fingerprint density at radius 1 is 1.19 bits per heavy atom. The van der Waals surface area contributed by atoms with Crippen LogP contribution in [-0.4, -0.2) is 42.0 Å². The Bertz CT molecular complexity index is 698. The zero-order valence-corrected chi connectivity index (χ0v) is 18.0. The van der Waals surface area contributed by atoms with Gasteiger partial charge in [0.2, 0.25) is 0 Å². The second kappa shape index (κ2) is 7.00. The van der Waals surface area contributed by atoms with Crippen molar-refractivity contribution in [3.63, 3.8) is 0 Å². The average Bonchev–Trinajstić information content (AvgIpc) is 2.97. The van der Waals surface area contributed by atoms with E-state index in [1.165, 1.54) is 38.2 Å². The van der Waals surface area contributed by atoms with Gasteiger partial charge in [-0.05, 0) is 81.1 Å². The Balaban J connectivity index is 1.36. The maximum atomic E-state index is 14.1. The third kappa shape index (κ3) is 3.24. The quantitative estimate of drug-likeness (QED) is 0.658. The lowest BCUT2D eigenvalue weighted by atomic mass is 9.68. The van der Waals surface area contributed by atoms with E-state index in [2.05, 4.69) is 37.6 Å². The first kappa shape index (κ1) is 19.7. The highest BCUT2D eigenvalue weighted by atomic mass is 35.5. The summed E-state index contributed by atoms with van der Waals surface area (Å²) in [5, 5.41) is 0.471. The highest BCUT2D eigenvalue weighted by molar-refractivity contribution is 6.30. The van der Waals surface area contributed by atoms with Crippen LogP contribution >= 0.6 is 11.6 Å². The first-order valence-corrected chi connectivity index (χ1v) is 11.0. The van der Waals surface area contributed by atoms with E-state index in [9.17, 15) is 4.39 Å². The van der Waals surface area contributed by atoms with Crippen molar-refractivity contribution < 1.29 is 4.39 Å². The van der Waals surface area contributed by atoms with E-state index < -0.39 is 0 Å². The molecule has 2 bridgehead atoms. The second-order valence-electron chi connectivity index (χ2n) is 10.0. The predicted octanol–water partition coefficient (Wildman–Crippen LogP) is 5.59. The number of piperidine rings is 1. The van der Waals surface area contributed by atoms with E-state index in [1.807, 2.05) is 6.07 Å². The normalized spacial score (nSPS) is 33.9. The maximum absolute atomic E-state index is 14.1. The van der Waals surface area contributed by atoms with Crippen LogP contribution in [0.2, 0.25) is 5.02 Å². The molecule has 0 aromatic heterocycles. The van der Waals surface area contributed by atoms with Crippen LogP contribution in [0.5, 0.6) is 0 Å². The number of likely N-dealkylation sites (tertiary alicyclic amines) is 1. The van der Waals surface area contributed by atoms with Crippen molar-refractivity contribution in [2.75, 3.05) is 20.1 Å². The third-order valence-corrected chi connectivity index (χ3v) is 9.02. The molecule has 4 heteroatoms. The van der Waals surface area contributed by atoms with E-state index >= 15 is 0 Å². The molecule has 3 fully saturated rings. The number of rotatable bonds is 4. The van der Waals surface area contributed by atoms with Gasteiger partial charge in [0, 0.05) is 29.2 Å². The van der Waals surface area contributed by atoms with Crippen LogP contribution in [0.3, 0.4) is 0 Å². The number of fused-ring (bicyclic) bond motifs is 2. The van der Waals surface area contributed by atoms with Crippen molar-refractivity contribution in [1.82, 2.24) is 9.80 Å². The van der Waals surface area contributed by atoms with Crippen LogP contribution in [0.4, 0.5) is 4.39 Å². The largest absolute Gasteiger partial charge is 0.300 e. The summed E-state index contributed by atoms with van der Waals surface area (Å²) in [6, 6.07) is 6.42. The van der Waals surface area contributed by atoms with Crippen LogP contribution in [0, 0.1) is 22.6 Å². The Kier molecular flexibility index (Phi) is 5.10. The molecular weight excluding hydrogens is 359 g/mol. The molecule has 1 saturated heterocycles. The summed E-state index contributed by atoms with van der Waals surface area (Å²) >= 11 is 5.87. The molecule has 2 aliphatic carbocycles. The Morgan fingerprint density at radius 3 is 2.44 bits per heavy atom. The van der Waals surface area contributed by atoms with Crippen molar-refractivity contribution in [2.45, 2.75) is 71.5 Å². The van der Waals surface area contributed by atoms with E-state index in [4.69, 9.17) is 11.6 Å². The van der Waals surface area contributed by atoms with Gasteiger partial charge < -0.3 is 0 Å². The molecule has 0 unspecified atom stereocenters. The van der Waals surface area contributed by atoms with Gasteiger partial charge in [0.05, 0.1) is 0 Å². The van der Waals surface area contributed by atoms with Gasteiger partial charge in [-0.25, -0.2) is 4.39 Å². The van der Waals surface area contributed by atoms with Gasteiger partial charge in [-0.15, -0.1) is 0 Å². The Morgan fingerprint density at radius 2 is 1.89 bits per heavy atom. The summed E-state index contributed by atoms with van der Waals surface area (Å²) in [4.78, 5) is 5.12. The molecule has 4 rings (SSSR count). The molecular formula is C23H34ClFN2. The summed E-state index contributed by atoms with van der Waals surface area (Å²) in [5.74, 6) is 0.710. The molecule has 0 spiro atoms. The monoisotopic (exact) mass is 392 g/mol. The molecule has 1 aromatic carbocycles. The van der Waals surface area contributed by atoms with E-state index in [0.717, 1.165) is 30.6 Å². The molecule has 0 radical (unpaired) electrons. The highest BCUT2D eigenvalue weighted by Crippen LogP contribution is 2.66. The van der Waals surface area contributed by atoms with Crippen molar-refractivity contribution >= 4 is 11.6 Å². The van der Waals surface area contributed by atoms with Crippen LogP contribution in [0.25, 0.3) is 0 Å². The Hall–Kier alpha value is -0.640. The summed E-state index contributed by atoms with van der Waals surface area (Å²) in [5.41, 5.74) is 1.68. The van der Waals surface area contributed by atoms with Crippen molar-refractivity contribution in [1.29, 1.82) is 0 Å². The fraction of sp³-hybridized carbons (Fsp3) is 0.739. The van der Waals surface area contributed by atoms with Gasteiger partial charge in [0.15, 0.2) is 0 Å². The van der Waals surface area contributed by atoms with Crippen LogP contribution in [0.1, 0.15) is 58.4 Å². The molecule has 2 saturated carbocycles. The van der Waals surface area contributed by atoms with Crippen LogP contribution in [0.15, 0.2) is 18.2 Å². The number of hydrogen-bond acceptors (Lipinski definition) is 2. The van der Waals surface area contributed by atoms with Crippen LogP contribution in [-0.2, 0) is 6.54 Å². The first-order chi connectivity index (χ1) is 12.7. The molecule has 3 atom stereocenters. The van der Waals surface area contributed by atoms with Gasteiger partial charge in [0.1, 0.15) is 5.82 Å². The lowest BCUT2D eigenvalue weighted by Crippen LogP contribution is -2.52. The fourth-order valence-corrected chi connectivity index (χ4v) is 6.57. The minimum atomic E-state index is -0.182. The lowest BCUT2D eigenvalue weighted by molar-refractivity contribution is 0.0137. The van der Waals surface area contributed by atoms with Gasteiger partial charge in [0.25, 0.3) is 0 Å². The summed E-state index contributed by atoms with van der Waals surface area (Å²) in [6.45, 7) is 10.3. The average molecular weight is 393 g/mol. The standard InChI is InChI=1S/C23H34ClFN2/c1-22(2)17-7-10-23(22,3)21(13-17)26(4)19-8-11-27(12-9-19)15-16-5-6-18(24)14-20(16)25/h5-6,14,17,19,21H,7-13,15H2,1-4H3/t17-,21+,23+/m1/s1. The molecule has 1 heterocycles. The molecule has 0 N–H and O–H groups in total. The molecule has 2 nitrogen and oxygen atoms in total. The van der Waals surface area contributed by atoms with E-state index in [-0.39, 0.29) is 5.82 Å². The number of halogens is 2. The SMILES string of the molecule is CN(C1CCN(Cc2ccc(Cl)cc2F)CC1)[C@H]1C[C@H]2CC[C@]1(C)C2(C)C. The third-order valence-electron chi connectivity index (χ3n) is 8.78. The minimum absolute atomic E-state index is 0.182. The van der Waals surface area contributed by atoms with Crippen molar-refractivity contribution in [2.24, 2.45) is 16.7 Å². The zero-order chi connectivity index (χ0) is 19.4. The van der Waals surface area contributed by atoms with Crippen LogP contribution < -0.4 is 0 Å². The number of nitrogens with zero attached hydrogens (tertiary/aromatic N) is 2. The molecule has 1 aromatic rings. The number of hydrogen-bond donors (Lipinski definition) is 0. The van der Waals surface area contributed by atoms with Gasteiger partial charge in [-0.3, -0.25) is 9.80 Å². The smallest absolute Gasteiger partial charge is 0.129 e. The summed E-state index contributed by atoms with van der Waals surface area (Å²) in [6.07, 6.45) is 6.54. The van der Waals surface area contributed by atoms with Gasteiger partial charge in [-0.1, -0.05) is 38.4 Å². The van der Waals surface area contributed by atoms with Gasteiger partial charge >= 0.3 is 0 Å². The minimum Gasteiger partial charge on any atom is -0.300 e. The van der Waals surface area contributed by atoms with E-state index in [1.54, 1.807) is 6.07 Å². The molecule has 1 aliphatic heterocycles. The molecule has 0 amide bonds. The maximum Gasteiger partial charge on any atom is 0.129 e. The van der Waals surface area contributed by atoms with Crippen molar-refractivity contribution in [3.05, 3.63) is 34.6 Å².